The summed E-state index contributed by atoms with van der Waals surface area (Å²) in [5, 5.41) is 8.95. The molecule has 0 aromatic carbocycles. The maximum atomic E-state index is 12.6. The SMILES string of the molecule is CC(C)C1CCN(S(=O)(=O)c2cc(C(=O)O)sc2Br)C1. The van der Waals surface area contributed by atoms with Crippen molar-refractivity contribution in [2.45, 2.75) is 25.2 Å². The van der Waals surface area contributed by atoms with Gasteiger partial charge in [0.15, 0.2) is 0 Å². The Bertz CT molecular complexity index is 623. The van der Waals surface area contributed by atoms with Crippen LogP contribution in [0, 0.1) is 11.8 Å². The van der Waals surface area contributed by atoms with Crippen molar-refractivity contribution in [2.24, 2.45) is 11.8 Å². The zero-order chi connectivity index (χ0) is 15.1. The highest BCUT2D eigenvalue weighted by Gasteiger charge is 2.35. The molecule has 2 rings (SSSR count). The van der Waals surface area contributed by atoms with Gasteiger partial charge in [0, 0.05) is 13.1 Å². The molecule has 1 fully saturated rings. The summed E-state index contributed by atoms with van der Waals surface area (Å²) < 4.78 is 26.9. The van der Waals surface area contributed by atoms with Gasteiger partial charge in [0.05, 0.1) is 3.79 Å². The van der Waals surface area contributed by atoms with Gasteiger partial charge >= 0.3 is 5.97 Å². The molecule has 1 atom stereocenters. The molecule has 8 heteroatoms. The lowest BCUT2D eigenvalue weighted by Crippen LogP contribution is -2.29. The summed E-state index contributed by atoms with van der Waals surface area (Å²) in [6, 6.07) is 1.23. The molecule has 1 aromatic rings. The molecule has 20 heavy (non-hydrogen) atoms. The van der Waals surface area contributed by atoms with Crippen molar-refractivity contribution in [1.82, 2.24) is 4.31 Å². The van der Waals surface area contributed by atoms with E-state index in [1.54, 1.807) is 0 Å². The summed E-state index contributed by atoms with van der Waals surface area (Å²) in [6.07, 6.45) is 0.852. The quantitative estimate of drug-likeness (QED) is 0.869. The summed E-state index contributed by atoms with van der Waals surface area (Å²) in [7, 11) is -3.61. The molecular formula is C12H16BrNO4S2. The monoisotopic (exact) mass is 381 g/mol. The van der Waals surface area contributed by atoms with Crippen molar-refractivity contribution in [2.75, 3.05) is 13.1 Å². The number of carboxylic acids is 1. The van der Waals surface area contributed by atoms with Crippen molar-refractivity contribution in [3.05, 3.63) is 14.7 Å². The lowest BCUT2D eigenvalue weighted by atomic mass is 9.96. The Balaban J connectivity index is 2.30. The molecule has 1 saturated heterocycles. The van der Waals surface area contributed by atoms with Gasteiger partial charge in [-0.2, -0.15) is 4.31 Å². The number of sulfonamides is 1. The standard InChI is InChI=1S/C12H16BrNO4S2/c1-7(2)8-3-4-14(6-8)20(17,18)10-5-9(12(15)16)19-11(10)13/h5,7-8H,3-4,6H2,1-2H3,(H,15,16). The Morgan fingerprint density at radius 2 is 2.20 bits per heavy atom. The third-order valence-electron chi connectivity index (χ3n) is 3.61. The maximum absolute atomic E-state index is 12.6. The fourth-order valence-corrected chi connectivity index (χ4v) is 6.15. The first kappa shape index (κ1) is 15.9. The Morgan fingerprint density at radius 3 is 2.65 bits per heavy atom. The summed E-state index contributed by atoms with van der Waals surface area (Å²) in [6.45, 7) is 5.17. The van der Waals surface area contributed by atoms with Gasteiger partial charge in [0.1, 0.15) is 9.77 Å². The van der Waals surface area contributed by atoms with Gasteiger partial charge in [-0.1, -0.05) is 13.8 Å². The first-order valence-corrected chi connectivity index (χ1v) is 9.31. The molecular weight excluding hydrogens is 366 g/mol. The summed E-state index contributed by atoms with van der Waals surface area (Å²) >= 11 is 4.09. The smallest absolute Gasteiger partial charge is 0.345 e. The van der Waals surface area contributed by atoms with Crippen LogP contribution in [-0.2, 0) is 10.0 Å². The highest BCUT2D eigenvalue weighted by atomic mass is 79.9. The minimum atomic E-state index is -3.61. The van der Waals surface area contributed by atoms with Gasteiger partial charge in [0.25, 0.3) is 0 Å². The van der Waals surface area contributed by atoms with E-state index in [1.807, 2.05) is 0 Å². The molecule has 0 bridgehead atoms. The lowest BCUT2D eigenvalue weighted by Gasteiger charge is -2.17. The van der Waals surface area contributed by atoms with Crippen molar-refractivity contribution >= 4 is 43.3 Å². The summed E-state index contributed by atoms with van der Waals surface area (Å²) in [5.74, 6) is -0.310. The zero-order valence-corrected chi connectivity index (χ0v) is 14.4. The number of carboxylic acid groups (broad SMARTS) is 1. The van der Waals surface area contributed by atoms with Crippen LogP contribution in [-0.4, -0.2) is 36.9 Å². The van der Waals surface area contributed by atoms with E-state index >= 15 is 0 Å². The zero-order valence-electron chi connectivity index (χ0n) is 11.2. The van der Waals surface area contributed by atoms with Gasteiger partial charge < -0.3 is 5.11 Å². The molecule has 1 N–H and O–H groups in total. The van der Waals surface area contributed by atoms with Crippen LogP contribution in [0.4, 0.5) is 0 Å². The normalized spacial score (nSPS) is 20.7. The molecule has 1 aromatic heterocycles. The third-order valence-corrected chi connectivity index (χ3v) is 7.72. The second-order valence-electron chi connectivity index (χ2n) is 5.21. The minimum absolute atomic E-state index is 0.0232. The van der Waals surface area contributed by atoms with Gasteiger partial charge in [-0.05, 0) is 40.3 Å². The topological polar surface area (TPSA) is 74.7 Å². The molecule has 0 saturated carbocycles. The Morgan fingerprint density at radius 1 is 1.55 bits per heavy atom. The van der Waals surface area contributed by atoms with Crippen molar-refractivity contribution in [1.29, 1.82) is 0 Å². The fraction of sp³-hybridized carbons (Fsp3) is 0.583. The molecule has 0 aliphatic carbocycles. The number of hydrogen-bond donors (Lipinski definition) is 1. The molecule has 2 heterocycles. The van der Waals surface area contributed by atoms with E-state index < -0.39 is 16.0 Å². The maximum Gasteiger partial charge on any atom is 0.345 e. The highest BCUT2D eigenvalue weighted by molar-refractivity contribution is 9.11. The third kappa shape index (κ3) is 2.93. The molecule has 112 valence electrons. The average molecular weight is 382 g/mol. The van der Waals surface area contributed by atoms with Crippen molar-refractivity contribution in [3.63, 3.8) is 0 Å². The van der Waals surface area contributed by atoms with Crippen LogP contribution in [0.2, 0.25) is 0 Å². The van der Waals surface area contributed by atoms with Gasteiger partial charge in [-0.15, -0.1) is 11.3 Å². The second kappa shape index (κ2) is 5.75. The first-order chi connectivity index (χ1) is 9.23. The van der Waals surface area contributed by atoms with Crippen molar-refractivity contribution in [3.8, 4) is 0 Å². The van der Waals surface area contributed by atoms with E-state index in [2.05, 4.69) is 29.8 Å². The molecule has 1 aliphatic heterocycles. The Hall–Kier alpha value is -0.440. The number of rotatable bonds is 4. The van der Waals surface area contributed by atoms with Crippen molar-refractivity contribution < 1.29 is 18.3 Å². The number of aromatic carboxylic acids is 1. The lowest BCUT2D eigenvalue weighted by molar-refractivity contribution is 0.0702. The molecule has 1 aliphatic rings. The van der Waals surface area contributed by atoms with E-state index in [9.17, 15) is 13.2 Å². The second-order valence-corrected chi connectivity index (χ2v) is 9.49. The van der Waals surface area contributed by atoms with E-state index in [-0.39, 0.29) is 9.77 Å². The summed E-state index contributed by atoms with van der Waals surface area (Å²) in [4.78, 5) is 11.0. The van der Waals surface area contributed by atoms with Crippen LogP contribution in [0.1, 0.15) is 29.9 Å². The van der Waals surface area contributed by atoms with Crippen LogP contribution >= 0.6 is 27.3 Å². The fourth-order valence-electron chi connectivity index (χ4n) is 2.29. The number of nitrogens with zero attached hydrogens (tertiary/aromatic N) is 1. The van der Waals surface area contributed by atoms with Crippen LogP contribution in [0.25, 0.3) is 0 Å². The van der Waals surface area contributed by atoms with Gasteiger partial charge in [-0.3, -0.25) is 0 Å². The van der Waals surface area contributed by atoms with Crippen LogP contribution in [0.15, 0.2) is 14.7 Å². The van der Waals surface area contributed by atoms with E-state index in [4.69, 9.17) is 5.11 Å². The average Bonchev–Trinajstić information content (AvgIpc) is 2.94. The Labute approximate surface area is 130 Å². The first-order valence-electron chi connectivity index (χ1n) is 6.26. The van der Waals surface area contributed by atoms with Crippen LogP contribution in [0.5, 0.6) is 0 Å². The summed E-state index contributed by atoms with van der Waals surface area (Å²) in [5.41, 5.74) is 0. The van der Waals surface area contributed by atoms with E-state index in [0.717, 1.165) is 17.8 Å². The number of hydrogen-bond acceptors (Lipinski definition) is 4. The molecule has 0 amide bonds. The number of halogens is 1. The van der Waals surface area contributed by atoms with Crippen LogP contribution in [0.3, 0.4) is 0 Å². The molecule has 0 spiro atoms. The minimum Gasteiger partial charge on any atom is -0.477 e. The van der Waals surface area contributed by atoms with E-state index in [0.29, 0.717) is 28.7 Å². The number of carbonyl (C=O) groups is 1. The Kier molecular flexibility index (Phi) is 4.58. The van der Waals surface area contributed by atoms with Gasteiger partial charge in [-0.25, -0.2) is 13.2 Å². The van der Waals surface area contributed by atoms with E-state index in [1.165, 1.54) is 10.4 Å². The predicted molar refractivity (Wildman–Crippen MR) is 80.7 cm³/mol. The molecule has 1 unspecified atom stereocenters. The molecule has 5 nitrogen and oxygen atoms in total. The molecule has 0 radical (unpaired) electrons. The van der Waals surface area contributed by atoms with Gasteiger partial charge in [0.2, 0.25) is 10.0 Å². The number of thiophene rings is 1. The largest absolute Gasteiger partial charge is 0.477 e. The van der Waals surface area contributed by atoms with Crippen LogP contribution < -0.4 is 0 Å². The highest BCUT2D eigenvalue weighted by Crippen LogP contribution is 2.36. The predicted octanol–water partition coefficient (Wildman–Crippen LogP) is 2.88.